The Balaban J connectivity index is 2.53. The minimum Gasteiger partial charge on any atom is -0.352 e. The van der Waals surface area contributed by atoms with Crippen LogP contribution in [-0.4, -0.2) is 21.5 Å². The van der Waals surface area contributed by atoms with Crippen molar-refractivity contribution in [3.05, 3.63) is 28.5 Å². The fourth-order valence-corrected chi connectivity index (χ4v) is 2.46. The highest BCUT2D eigenvalue weighted by Crippen LogP contribution is 2.20. The molecule has 0 bridgehead atoms. The maximum Gasteiger partial charge on any atom is 0.243 e. The summed E-state index contributed by atoms with van der Waals surface area (Å²) in [6.45, 7) is 5.61. The van der Waals surface area contributed by atoms with Crippen molar-refractivity contribution < 1.29 is 4.79 Å². The number of benzene rings is 1. The van der Waals surface area contributed by atoms with E-state index in [-0.39, 0.29) is 11.9 Å². The number of carbonyl (C=O) groups excluding carboxylic acids is 1. The summed E-state index contributed by atoms with van der Waals surface area (Å²) in [5.74, 6) is -0.0978. The highest BCUT2D eigenvalue weighted by molar-refractivity contribution is 7.71. The SMILES string of the molecule is CC(C)NC(=O)C(C)n1c(=S)[nH]c2ccc(C#N)cc21. The van der Waals surface area contributed by atoms with Crippen LogP contribution in [0.1, 0.15) is 32.4 Å². The van der Waals surface area contributed by atoms with Gasteiger partial charge in [-0.25, -0.2) is 0 Å². The van der Waals surface area contributed by atoms with Crippen LogP contribution in [0.5, 0.6) is 0 Å². The lowest BCUT2D eigenvalue weighted by molar-refractivity contribution is -0.124. The molecular formula is C14H16N4OS. The molecule has 0 fully saturated rings. The lowest BCUT2D eigenvalue weighted by atomic mass is 10.2. The summed E-state index contributed by atoms with van der Waals surface area (Å²) in [6, 6.07) is 6.98. The predicted octanol–water partition coefficient (Wildman–Crippen LogP) is 2.66. The molecule has 0 aliphatic rings. The second kappa shape index (κ2) is 5.47. The van der Waals surface area contributed by atoms with Gasteiger partial charge in [-0.15, -0.1) is 0 Å². The number of H-pyrrole nitrogens is 1. The Hall–Kier alpha value is -2.13. The van der Waals surface area contributed by atoms with Crippen molar-refractivity contribution in [2.24, 2.45) is 0 Å². The van der Waals surface area contributed by atoms with Gasteiger partial charge < -0.3 is 14.9 Å². The molecule has 5 nitrogen and oxygen atoms in total. The number of imidazole rings is 1. The Bertz CT molecular complexity index is 751. The molecule has 1 unspecified atom stereocenters. The van der Waals surface area contributed by atoms with Gasteiger partial charge in [-0.2, -0.15) is 5.26 Å². The molecule has 1 atom stereocenters. The Morgan fingerprint density at radius 1 is 1.45 bits per heavy atom. The van der Waals surface area contributed by atoms with E-state index < -0.39 is 6.04 Å². The van der Waals surface area contributed by atoms with Crippen LogP contribution in [0.15, 0.2) is 18.2 Å². The van der Waals surface area contributed by atoms with Crippen molar-refractivity contribution in [2.45, 2.75) is 32.9 Å². The zero-order valence-corrected chi connectivity index (χ0v) is 12.4. The molecule has 1 amide bonds. The van der Waals surface area contributed by atoms with E-state index in [0.29, 0.717) is 10.3 Å². The Morgan fingerprint density at radius 2 is 2.15 bits per heavy atom. The number of hydrogen-bond acceptors (Lipinski definition) is 3. The summed E-state index contributed by atoms with van der Waals surface area (Å²) in [4.78, 5) is 15.2. The number of aromatic amines is 1. The third kappa shape index (κ3) is 2.58. The normalized spacial score (nSPS) is 12.3. The molecule has 1 heterocycles. The lowest BCUT2D eigenvalue weighted by Crippen LogP contribution is -2.35. The molecule has 1 aromatic heterocycles. The van der Waals surface area contributed by atoms with Gasteiger partial charge in [-0.05, 0) is 51.2 Å². The number of nitrogens with one attached hydrogen (secondary N) is 2. The molecule has 0 aliphatic heterocycles. The molecule has 6 heteroatoms. The minimum atomic E-state index is -0.437. The van der Waals surface area contributed by atoms with E-state index in [9.17, 15) is 4.79 Å². The van der Waals surface area contributed by atoms with Crippen molar-refractivity contribution in [1.82, 2.24) is 14.9 Å². The molecule has 0 spiro atoms. The van der Waals surface area contributed by atoms with Crippen LogP contribution in [0.4, 0.5) is 0 Å². The van der Waals surface area contributed by atoms with Crippen LogP contribution in [-0.2, 0) is 4.79 Å². The second-order valence-corrected chi connectivity index (χ2v) is 5.37. The molecule has 2 N–H and O–H groups in total. The quantitative estimate of drug-likeness (QED) is 0.853. The summed E-state index contributed by atoms with van der Waals surface area (Å²) >= 11 is 5.29. The van der Waals surface area contributed by atoms with E-state index in [1.54, 1.807) is 29.7 Å². The van der Waals surface area contributed by atoms with E-state index in [4.69, 9.17) is 17.5 Å². The summed E-state index contributed by atoms with van der Waals surface area (Å²) in [5.41, 5.74) is 2.12. The van der Waals surface area contributed by atoms with Crippen LogP contribution in [0, 0.1) is 16.1 Å². The molecule has 0 aliphatic carbocycles. The zero-order valence-electron chi connectivity index (χ0n) is 11.6. The fraction of sp³-hybridized carbons (Fsp3) is 0.357. The lowest BCUT2D eigenvalue weighted by Gasteiger charge is -2.16. The number of nitriles is 1. The van der Waals surface area contributed by atoms with Crippen LogP contribution >= 0.6 is 12.2 Å². The van der Waals surface area contributed by atoms with Crippen molar-refractivity contribution >= 4 is 29.2 Å². The van der Waals surface area contributed by atoms with E-state index >= 15 is 0 Å². The van der Waals surface area contributed by atoms with Crippen molar-refractivity contribution in [2.75, 3.05) is 0 Å². The third-order valence-corrected chi connectivity index (χ3v) is 3.34. The summed E-state index contributed by atoms with van der Waals surface area (Å²) < 4.78 is 2.21. The Kier molecular flexibility index (Phi) is 3.91. The number of carbonyl (C=O) groups is 1. The van der Waals surface area contributed by atoms with Gasteiger partial charge in [0.25, 0.3) is 0 Å². The molecular weight excluding hydrogens is 272 g/mol. The first-order chi connectivity index (χ1) is 9.43. The first kappa shape index (κ1) is 14.3. The Morgan fingerprint density at radius 3 is 2.75 bits per heavy atom. The van der Waals surface area contributed by atoms with E-state index in [1.807, 2.05) is 13.8 Å². The molecule has 2 rings (SSSR count). The van der Waals surface area contributed by atoms with Gasteiger partial charge in [0.05, 0.1) is 22.7 Å². The second-order valence-electron chi connectivity index (χ2n) is 4.98. The Labute approximate surface area is 122 Å². The van der Waals surface area contributed by atoms with Crippen molar-refractivity contribution in [3.8, 4) is 6.07 Å². The first-order valence-corrected chi connectivity index (χ1v) is 6.79. The maximum atomic E-state index is 12.1. The van der Waals surface area contributed by atoms with Gasteiger partial charge >= 0.3 is 0 Å². The molecule has 0 saturated heterocycles. The standard InChI is InChI=1S/C14H16N4OS/c1-8(2)16-13(19)9(3)18-12-6-10(7-15)4-5-11(12)17-14(18)20/h4-6,8-9H,1-3H3,(H,16,19)(H,17,20). The van der Waals surface area contributed by atoms with Crippen LogP contribution in [0.25, 0.3) is 11.0 Å². The summed E-state index contributed by atoms with van der Waals surface area (Å²) in [6.07, 6.45) is 0. The van der Waals surface area contributed by atoms with Gasteiger partial charge in [0, 0.05) is 6.04 Å². The fourth-order valence-electron chi connectivity index (χ4n) is 2.10. The number of aromatic nitrogens is 2. The smallest absolute Gasteiger partial charge is 0.243 e. The first-order valence-electron chi connectivity index (χ1n) is 6.38. The van der Waals surface area contributed by atoms with Gasteiger partial charge in [-0.1, -0.05) is 0 Å². The number of amides is 1. The molecule has 104 valence electrons. The molecule has 0 radical (unpaired) electrons. The van der Waals surface area contributed by atoms with Crippen molar-refractivity contribution in [3.63, 3.8) is 0 Å². The largest absolute Gasteiger partial charge is 0.352 e. The molecule has 20 heavy (non-hydrogen) atoms. The number of nitrogens with zero attached hydrogens (tertiary/aromatic N) is 2. The molecule has 1 aromatic carbocycles. The highest BCUT2D eigenvalue weighted by Gasteiger charge is 2.19. The van der Waals surface area contributed by atoms with E-state index in [0.717, 1.165) is 11.0 Å². The third-order valence-electron chi connectivity index (χ3n) is 3.04. The average Bonchev–Trinajstić information content (AvgIpc) is 2.71. The van der Waals surface area contributed by atoms with Gasteiger partial charge in [0.15, 0.2) is 4.77 Å². The van der Waals surface area contributed by atoms with Crippen molar-refractivity contribution in [1.29, 1.82) is 5.26 Å². The van der Waals surface area contributed by atoms with Crippen LogP contribution in [0.3, 0.4) is 0 Å². The number of rotatable bonds is 3. The number of fused-ring (bicyclic) bond motifs is 1. The minimum absolute atomic E-state index is 0.0685. The zero-order chi connectivity index (χ0) is 14.9. The van der Waals surface area contributed by atoms with Crippen LogP contribution < -0.4 is 5.32 Å². The van der Waals surface area contributed by atoms with E-state index in [1.165, 1.54) is 0 Å². The van der Waals surface area contributed by atoms with Gasteiger partial charge in [-0.3, -0.25) is 4.79 Å². The topological polar surface area (TPSA) is 73.6 Å². The molecule has 0 saturated carbocycles. The average molecular weight is 288 g/mol. The maximum absolute atomic E-state index is 12.1. The monoisotopic (exact) mass is 288 g/mol. The van der Waals surface area contributed by atoms with E-state index in [2.05, 4.69) is 16.4 Å². The molecule has 2 aromatic rings. The summed E-state index contributed by atoms with van der Waals surface area (Å²) in [7, 11) is 0. The predicted molar refractivity (Wildman–Crippen MR) is 79.8 cm³/mol. The van der Waals surface area contributed by atoms with Gasteiger partial charge in [0.1, 0.15) is 6.04 Å². The number of hydrogen-bond donors (Lipinski definition) is 2. The summed E-state index contributed by atoms with van der Waals surface area (Å²) in [5, 5.41) is 11.9. The highest BCUT2D eigenvalue weighted by atomic mass is 32.1. The van der Waals surface area contributed by atoms with Crippen LogP contribution in [0.2, 0.25) is 0 Å². The van der Waals surface area contributed by atoms with Gasteiger partial charge in [0.2, 0.25) is 5.91 Å².